The van der Waals surface area contributed by atoms with Gasteiger partial charge in [0.15, 0.2) is 0 Å². The van der Waals surface area contributed by atoms with Crippen molar-refractivity contribution in [3.05, 3.63) is 65.7 Å². The van der Waals surface area contributed by atoms with Crippen LogP contribution in [0.4, 0.5) is 0 Å². The zero-order chi connectivity index (χ0) is 12.9. The first kappa shape index (κ1) is 14.9. The molecule has 3 rings (SSSR count). The highest BCUT2D eigenvalue weighted by Gasteiger charge is 2.15. The number of rotatable bonds is 4. The highest BCUT2D eigenvalue weighted by molar-refractivity contribution is 5.85. The molecule has 1 aliphatic rings. The third kappa shape index (κ3) is 3.75. The van der Waals surface area contributed by atoms with Crippen molar-refractivity contribution in [1.29, 1.82) is 0 Å². The molecular formula is C17H20ClNO. The van der Waals surface area contributed by atoms with Crippen molar-refractivity contribution in [3.63, 3.8) is 0 Å². The van der Waals surface area contributed by atoms with Gasteiger partial charge in [0.25, 0.3) is 0 Å². The molecule has 20 heavy (non-hydrogen) atoms. The van der Waals surface area contributed by atoms with Crippen LogP contribution in [-0.4, -0.2) is 6.54 Å². The van der Waals surface area contributed by atoms with Crippen molar-refractivity contribution >= 4 is 12.4 Å². The van der Waals surface area contributed by atoms with Gasteiger partial charge >= 0.3 is 0 Å². The second-order valence-electron chi connectivity index (χ2n) is 4.99. The van der Waals surface area contributed by atoms with Crippen LogP contribution in [0.15, 0.2) is 54.6 Å². The molecular weight excluding hydrogens is 270 g/mol. The normalized spacial score (nSPS) is 17.5. The molecule has 0 unspecified atom stereocenters. The van der Waals surface area contributed by atoms with E-state index in [-0.39, 0.29) is 12.4 Å². The van der Waals surface area contributed by atoms with Gasteiger partial charge in [0.1, 0.15) is 12.4 Å². The minimum absolute atomic E-state index is 0. The fraction of sp³-hybridized carbons (Fsp3) is 0.294. The number of hydrogen-bond acceptors (Lipinski definition) is 2. The molecule has 3 heteroatoms. The molecule has 0 bridgehead atoms. The fourth-order valence-electron chi connectivity index (χ4n) is 2.51. The lowest BCUT2D eigenvalue weighted by Gasteiger charge is -2.12. The van der Waals surface area contributed by atoms with Crippen molar-refractivity contribution in [3.8, 4) is 5.75 Å². The molecule has 0 aliphatic carbocycles. The second kappa shape index (κ2) is 7.32. The molecule has 0 radical (unpaired) electrons. The summed E-state index contributed by atoms with van der Waals surface area (Å²) in [7, 11) is 0. The highest BCUT2D eigenvalue weighted by atomic mass is 35.5. The Morgan fingerprint density at radius 1 is 1.00 bits per heavy atom. The summed E-state index contributed by atoms with van der Waals surface area (Å²) in [5.41, 5.74) is 2.56. The summed E-state index contributed by atoms with van der Waals surface area (Å²) in [6.45, 7) is 1.76. The molecule has 0 amide bonds. The average molecular weight is 290 g/mol. The first-order valence-corrected chi connectivity index (χ1v) is 6.92. The van der Waals surface area contributed by atoms with Gasteiger partial charge in [-0.2, -0.15) is 0 Å². The van der Waals surface area contributed by atoms with Gasteiger partial charge in [-0.3, -0.25) is 0 Å². The standard InChI is InChI=1S/C17H19NO.ClH/c1-2-5-14(6-3-1)13-19-16-10-8-15(9-11-16)17-7-4-12-18-17;/h1-3,5-6,8-11,17-18H,4,7,12-13H2;1H/t17-;/m0./s1. The van der Waals surface area contributed by atoms with Crippen LogP contribution in [0.2, 0.25) is 0 Å². The van der Waals surface area contributed by atoms with Gasteiger partial charge in [0, 0.05) is 6.04 Å². The van der Waals surface area contributed by atoms with Gasteiger partial charge in [-0.1, -0.05) is 42.5 Å². The Labute approximate surface area is 126 Å². The molecule has 0 spiro atoms. The third-order valence-electron chi connectivity index (χ3n) is 3.59. The van der Waals surface area contributed by atoms with E-state index in [0.29, 0.717) is 12.6 Å². The molecule has 2 aromatic rings. The summed E-state index contributed by atoms with van der Waals surface area (Å²) in [6.07, 6.45) is 2.52. The van der Waals surface area contributed by atoms with Crippen LogP contribution in [0, 0.1) is 0 Å². The summed E-state index contributed by atoms with van der Waals surface area (Å²) in [6, 6.07) is 19.3. The molecule has 0 aromatic heterocycles. The smallest absolute Gasteiger partial charge is 0.119 e. The topological polar surface area (TPSA) is 21.3 Å². The molecule has 1 N–H and O–H groups in total. The Bertz CT molecular complexity index is 506. The Kier molecular flexibility index (Phi) is 5.45. The van der Waals surface area contributed by atoms with Crippen molar-refractivity contribution in [2.75, 3.05) is 6.54 Å². The Morgan fingerprint density at radius 2 is 1.75 bits per heavy atom. The first-order chi connectivity index (χ1) is 9.42. The van der Waals surface area contributed by atoms with E-state index in [1.165, 1.54) is 24.0 Å². The Morgan fingerprint density at radius 3 is 2.40 bits per heavy atom. The van der Waals surface area contributed by atoms with E-state index in [0.717, 1.165) is 12.3 Å². The predicted octanol–water partition coefficient (Wildman–Crippen LogP) is 4.11. The minimum Gasteiger partial charge on any atom is -0.489 e. The van der Waals surface area contributed by atoms with Gasteiger partial charge < -0.3 is 10.1 Å². The summed E-state index contributed by atoms with van der Waals surface area (Å²) in [5.74, 6) is 0.936. The van der Waals surface area contributed by atoms with E-state index >= 15 is 0 Å². The molecule has 106 valence electrons. The quantitative estimate of drug-likeness (QED) is 0.914. The fourth-order valence-corrected chi connectivity index (χ4v) is 2.51. The summed E-state index contributed by atoms with van der Waals surface area (Å²) in [4.78, 5) is 0. The van der Waals surface area contributed by atoms with Crippen molar-refractivity contribution in [2.45, 2.75) is 25.5 Å². The van der Waals surface area contributed by atoms with E-state index < -0.39 is 0 Å². The van der Waals surface area contributed by atoms with Crippen molar-refractivity contribution in [1.82, 2.24) is 5.32 Å². The third-order valence-corrected chi connectivity index (χ3v) is 3.59. The van der Waals surface area contributed by atoms with Crippen molar-refractivity contribution < 1.29 is 4.74 Å². The Balaban J connectivity index is 0.00000147. The maximum Gasteiger partial charge on any atom is 0.119 e. The number of hydrogen-bond donors (Lipinski definition) is 1. The molecule has 1 saturated heterocycles. The lowest BCUT2D eigenvalue weighted by atomic mass is 10.1. The number of nitrogens with one attached hydrogen (secondary N) is 1. The molecule has 1 atom stereocenters. The van der Waals surface area contributed by atoms with E-state index in [4.69, 9.17) is 4.74 Å². The predicted molar refractivity (Wildman–Crippen MR) is 84.4 cm³/mol. The lowest BCUT2D eigenvalue weighted by Crippen LogP contribution is -2.12. The van der Waals surface area contributed by atoms with Crippen LogP contribution in [0.1, 0.15) is 30.0 Å². The Hall–Kier alpha value is -1.51. The van der Waals surface area contributed by atoms with Crippen molar-refractivity contribution in [2.24, 2.45) is 0 Å². The molecule has 0 saturated carbocycles. The van der Waals surface area contributed by atoms with E-state index in [2.05, 4.69) is 41.7 Å². The summed E-state index contributed by atoms with van der Waals surface area (Å²) >= 11 is 0. The molecule has 2 aromatic carbocycles. The maximum atomic E-state index is 5.79. The van der Waals surface area contributed by atoms with Gasteiger partial charge in [-0.05, 0) is 42.6 Å². The summed E-state index contributed by atoms with van der Waals surface area (Å²) < 4.78 is 5.79. The maximum absolute atomic E-state index is 5.79. The number of benzene rings is 2. The largest absolute Gasteiger partial charge is 0.489 e. The molecule has 1 heterocycles. The minimum atomic E-state index is 0. The van der Waals surface area contributed by atoms with E-state index in [1.807, 2.05) is 18.2 Å². The van der Waals surface area contributed by atoms with Crippen LogP contribution >= 0.6 is 12.4 Å². The van der Waals surface area contributed by atoms with E-state index in [1.54, 1.807) is 0 Å². The van der Waals surface area contributed by atoms with Gasteiger partial charge in [-0.15, -0.1) is 12.4 Å². The van der Waals surface area contributed by atoms with Gasteiger partial charge in [0.2, 0.25) is 0 Å². The SMILES string of the molecule is Cl.c1ccc(COc2ccc([C@@H]3CCCN3)cc2)cc1. The molecule has 1 fully saturated rings. The van der Waals surface area contributed by atoms with E-state index in [9.17, 15) is 0 Å². The molecule has 1 aliphatic heterocycles. The zero-order valence-corrected chi connectivity index (χ0v) is 12.2. The highest BCUT2D eigenvalue weighted by Crippen LogP contribution is 2.24. The average Bonchev–Trinajstić information content (AvgIpc) is 3.01. The lowest BCUT2D eigenvalue weighted by molar-refractivity contribution is 0.306. The van der Waals surface area contributed by atoms with Crippen LogP contribution in [-0.2, 0) is 6.61 Å². The number of halogens is 1. The second-order valence-corrected chi connectivity index (χ2v) is 4.99. The van der Waals surface area contributed by atoms with Crippen LogP contribution in [0.3, 0.4) is 0 Å². The van der Waals surface area contributed by atoms with Crippen LogP contribution in [0.25, 0.3) is 0 Å². The summed E-state index contributed by atoms with van der Waals surface area (Å²) in [5, 5.41) is 3.51. The first-order valence-electron chi connectivity index (χ1n) is 6.92. The zero-order valence-electron chi connectivity index (χ0n) is 11.4. The monoisotopic (exact) mass is 289 g/mol. The van der Waals surface area contributed by atoms with Gasteiger partial charge in [-0.25, -0.2) is 0 Å². The van der Waals surface area contributed by atoms with Crippen LogP contribution < -0.4 is 10.1 Å². The van der Waals surface area contributed by atoms with Crippen LogP contribution in [0.5, 0.6) is 5.75 Å². The molecule has 2 nitrogen and oxygen atoms in total. The van der Waals surface area contributed by atoms with Gasteiger partial charge in [0.05, 0.1) is 0 Å². The number of ether oxygens (including phenoxy) is 1.